The van der Waals surface area contributed by atoms with Crippen LogP contribution in [0.15, 0.2) is 12.3 Å². The molecule has 0 aromatic carbocycles. The Kier molecular flexibility index (Phi) is 3.55. The number of aryl methyl sites for hydroxylation is 1. The van der Waals surface area contributed by atoms with Crippen LogP contribution in [0.25, 0.3) is 0 Å². The lowest BCUT2D eigenvalue weighted by Crippen LogP contribution is -2.38. The third-order valence-corrected chi connectivity index (χ3v) is 4.25. The Hall–Kier alpha value is -0.833. The summed E-state index contributed by atoms with van der Waals surface area (Å²) in [6, 6.07) is 2.22. The van der Waals surface area contributed by atoms with E-state index < -0.39 is 8.07 Å². The number of hydrogen-bond donors (Lipinski definition) is 0. The highest BCUT2D eigenvalue weighted by molar-refractivity contribution is 6.88. The van der Waals surface area contributed by atoms with Crippen molar-refractivity contribution in [3.05, 3.63) is 17.8 Å². The van der Waals surface area contributed by atoms with Crippen molar-refractivity contribution in [3.63, 3.8) is 0 Å². The molecule has 1 heterocycles. The molecule has 1 aromatic heterocycles. The van der Waals surface area contributed by atoms with E-state index in [9.17, 15) is 0 Å². The summed E-state index contributed by atoms with van der Waals surface area (Å²) in [7, 11) is -1.25. The zero-order valence-electron chi connectivity index (χ0n) is 10.6. The van der Waals surface area contributed by atoms with Crippen molar-refractivity contribution in [1.82, 2.24) is 4.98 Å². The van der Waals surface area contributed by atoms with Crippen molar-refractivity contribution >= 4 is 13.3 Å². The van der Waals surface area contributed by atoms with Gasteiger partial charge < -0.3 is 4.74 Å². The fourth-order valence-electron chi connectivity index (χ4n) is 1.32. The number of ether oxygens (including phenoxy) is 1. The Balaban J connectivity index is 2.98. The molecule has 3 heteroatoms. The van der Waals surface area contributed by atoms with E-state index in [1.807, 2.05) is 20.0 Å². The zero-order chi connectivity index (χ0) is 11.6. The van der Waals surface area contributed by atoms with E-state index in [1.54, 1.807) is 0 Å². The van der Waals surface area contributed by atoms with Gasteiger partial charge in [-0.15, -0.1) is 0 Å². The number of nitrogens with zero attached hydrogens (tertiary/aromatic N) is 1. The van der Waals surface area contributed by atoms with Gasteiger partial charge in [0.15, 0.2) is 0 Å². The van der Waals surface area contributed by atoms with E-state index in [-0.39, 0.29) is 6.10 Å². The maximum Gasteiger partial charge on any atom is 0.216 e. The van der Waals surface area contributed by atoms with Gasteiger partial charge in [-0.2, -0.15) is 0 Å². The quantitative estimate of drug-likeness (QED) is 0.735. The molecule has 0 unspecified atom stereocenters. The Bertz CT molecular complexity index is 342. The smallest absolute Gasteiger partial charge is 0.216 e. The molecule has 0 aliphatic heterocycles. The molecule has 1 aromatic rings. The van der Waals surface area contributed by atoms with Gasteiger partial charge in [0, 0.05) is 11.8 Å². The average molecular weight is 223 g/mol. The van der Waals surface area contributed by atoms with Gasteiger partial charge in [-0.25, -0.2) is 4.98 Å². The summed E-state index contributed by atoms with van der Waals surface area (Å²) in [6.07, 6.45) is 2.16. The van der Waals surface area contributed by atoms with Crippen molar-refractivity contribution in [2.24, 2.45) is 0 Å². The minimum absolute atomic E-state index is 0.189. The van der Waals surface area contributed by atoms with Gasteiger partial charge >= 0.3 is 0 Å². The highest BCUT2D eigenvalue weighted by Crippen LogP contribution is 2.15. The van der Waals surface area contributed by atoms with Gasteiger partial charge in [0.05, 0.1) is 14.2 Å². The van der Waals surface area contributed by atoms with Crippen LogP contribution in [0.3, 0.4) is 0 Å². The molecular weight excluding hydrogens is 202 g/mol. The van der Waals surface area contributed by atoms with E-state index in [2.05, 4.69) is 37.6 Å². The standard InChI is InChI=1S/C12H21NOSi/c1-9(2)14-12-10(3)7-11(8-13-12)15(4,5)6/h7-9H,1-6H3. The summed E-state index contributed by atoms with van der Waals surface area (Å²) in [5, 5.41) is 1.39. The van der Waals surface area contributed by atoms with Crippen molar-refractivity contribution in [1.29, 1.82) is 0 Å². The Morgan fingerprint density at radius 2 is 1.87 bits per heavy atom. The van der Waals surface area contributed by atoms with Gasteiger partial charge in [-0.1, -0.05) is 25.7 Å². The molecule has 0 amide bonds. The van der Waals surface area contributed by atoms with Crippen LogP contribution >= 0.6 is 0 Å². The van der Waals surface area contributed by atoms with Crippen LogP contribution in [0.4, 0.5) is 0 Å². The molecule has 0 saturated heterocycles. The Morgan fingerprint density at radius 1 is 1.27 bits per heavy atom. The van der Waals surface area contributed by atoms with Crippen LogP contribution in [-0.4, -0.2) is 19.2 Å². The summed E-state index contributed by atoms with van der Waals surface area (Å²) in [5.41, 5.74) is 1.14. The monoisotopic (exact) mass is 223 g/mol. The third-order valence-electron chi connectivity index (χ3n) is 2.24. The second kappa shape index (κ2) is 4.35. The lowest BCUT2D eigenvalue weighted by molar-refractivity contribution is 0.231. The van der Waals surface area contributed by atoms with Crippen LogP contribution in [0.1, 0.15) is 19.4 Å². The van der Waals surface area contributed by atoms with Crippen molar-refractivity contribution < 1.29 is 4.74 Å². The highest BCUT2D eigenvalue weighted by Gasteiger charge is 2.18. The van der Waals surface area contributed by atoms with Crippen LogP contribution < -0.4 is 9.92 Å². The summed E-state index contributed by atoms with van der Waals surface area (Å²) in [4.78, 5) is 4.40. The number of hydrogen-bond acceptors (Lipinski definition) is 2. The maximum absolute atomic E-state index is 5.62. The van der Waals surface area contributed by atoms with Crippen LogP contribution in [0, 0.1) is 6.92 Å². The minimum Gasteiger partial charge on any atom is -0.475 e. The number of pyridine rings is 1. The van der Waals surface area contributed by atoms with Crippen molar-refractivity contribution in [2.75, 3.05) is 0 Å². The van der Waals surface area contributed by atoms with Gasteiger partial charge in [0.2, 0.25) is 5.88 Å². The molecule has 84 valence electrons. The fraction of sp³-hybridized carbons (Fsp3) is 0.583. The van der Waals surface area contributed by atoms with Gasteiger partial charge in [0.25, 0.3) is 0 Å². The molecule has 0 spiro atoms. The average Bonchev–Trinajstić information content (AvgIpc) is 2.05. The molecule has 0 saturated carbocycles. The second-order valence-electron chi connectivity index (χ2n) is 5.26. The molecular formula is C12H21NOSi. The molecule has 0 N–H and O–H groups in total. The first-order valence-corrected chi connectivity index (χ1v) is 8.94. The summed E-state index contributed by atoms with van der Waals surface area (Å²) in [5.74, 6) is 0.770. The molecule has 15 heavy (non-hydrogen) atoms. The minimum atomic E-state index is -1.25. The summed E-state index contributed by atoms with van der Waals surface area (Å²) >= 11 is 0. The van der Waals surface area contributed by atoms with Crippen LogP contribution in [0.5, 0.6) is 5.88 Å². The molecule has 1 rings (SSSR count). The predicted molar refractivity (Wildman–Crippen MR) is 67.7 cm³/mol. The first kappa shape index (κ1) is 12.2. The fourth-order valence-corrected chi connectivity index (χ4v) is 2.42. The first-order valence-electron chi connectivity index (χ1n) is 5.44. The van der Waals surface area contributed by atoms with E-state index in [1.165, 1.54) is 5.19 Å². The van der Waals surface area contributed by atoms with Gasteiger partial charge in [-0.05, 0) is 26.0 Å². The third kappa shape index (κ3) is 3.34. The molecule has 0 aliphatic carbocycles. The summed E-state index contributed by atoms with van der Waals surface area (Å²) < 4.78 is 5.62. The maximum atomic E-state index is 5.62. The molecule has 2 nitrogen and oxygen atoms in total. The number of rotatable bonds is 3. The summed E-state index contributed by atoms with van der Waals surface area (Å²) in [6.45, 7) is 13.1. The van der Waals surface area contributed by atoms with Gasteiger partial charge in [-0.3, -0.25) is 0 Å². The molecule has 0 aliphatic rings. The number of aromatic nitrogens is 1. The lowest BCUT2D eigenvalue weighted by atomic mass is 10.3. The van der Waals surface area contributed by atoms with E-state index >= 15 is 0 Å². The van der Waals surface area contributed by atoms with Crippen molar-refractivity contribution in [3.8, 4) is 5.88 Å². The van der Waals surface area contributed by atoms with E-state index in [4.69, 9.17) is 4.74 Å². The van der Waals surface area contributed by atoms with Crippen LogP contribution in [0.2, 0.25) is 19.6 Å². The zero-order valence-corrected chi connectivity index (χ0v) is 11.6. The topological polar surface area (TPSA) is 22.1 Å². The van der Waals surface area contributed by atoms with Crippen molar-refractivity contribution in [2.45, 2.75) is 46.5 Å². The molecule has 0 fully saturated rings. The van der Waals surface area contributed by atoms with Crippen LogP contribution in [-0.2, 0) is 0 Å². The Morgan fingerprint density at radius 3 is 2.27 bits per heavy atom. The molecule has 0 atom stereocenters. The second-order valence-corrected chi connectivity index (χ2v) is 10.3. The molecule has 0 bridgehead atoms. The largest absolute Gasteiger partial charge is 0.475 e. The molecule has 0 radical (unpaired) electrons. The lowest BCUT2D eigenvalue weighted by Gasteiger charge is -2.18. The predicted octanol–water partition coefficient (Wildman–Crippen LogP) is 2.72. The van der Waals surface area contributed by atoms with E-state index in [0.717, 1.165) is 11.4 Å². The normalized spacial score (nSPS) is 11.9. The highest BCUT2D eigenvalue weighted by atomic mass is 28.3. The van der Waals surface area contributed by atoms with Gasteiger partial charge in [0.1, 0.15) is 0 Å². The SMILES string of the molecule is Cc1cc([Si](C)(C)C)cnc1OC(C)C. The Labute approximate surface area is 93.7 Å². The first-order chi connectivity index (χ1) is 6.80. The van der Waals surface area contributed by atoms with E-state index in [0.29, 0.717) is 0 Å².